The van der Waals surface area contributed by atoms with Crippen molar-refractivity contribution in [1.82, 2.24) is 25.1 Å². The fourth-order valence-electron chi connectivity index (χ4n) is 3.84. The molecule has 0 saturated carbocycles. The maximum Gasteiger partial charge on any atom is 0.279 e. The van der Waals surface area contributed by atoms with Gasteiger partial charge in [-0.3, -0.25) is 10.1 Å². The number of nitrogens with one attached hydrogen (secondary N) is 1. The lowest BCUT2D eigenvalue weighted by atomic mass is 10.1. The molecule has 1 N–H and O–H groups in total. The normalized spacial score (nSPS) is 11.0. The van der Waals surface area contributed by atoms with E-state index in [1.165, 1.54) is 11.3 Å². The zero-order valence-electron chi connectivity index (χ0n) is 20.0. The van der Waals surface area contributed by atoms with E-state index in [-0.39, 0.29) is 5.69 Å². The summed E-state index contributed by atoms with van der Waals surface area (Å²) >= 11 is 7.35. The van der Waals surface area contributed by atoms with Gasteiger partial charge in [-0.05, 0) is 31.2 Å². The van der Waals surface area contributed by atoms with E-state index in [1.54, 1.807) is 10.7 Å². The second kappa shape index (κ2) is 10.0. The number of hydrogen-bond donors (Lipinski definition) is 1. The van der Waals surface area contributed by atoms with E-state index in [1.807, 2.05) is 92.0 Å². The Bertz CT molecular complexity index is 1720. The Morgan fingerprint density at radius 3 is 2.45 bits per heavy atom. The Morgan fingerprint density at radius 2 is 1.68 bits per heavy atom. The van der Waals surface area contributed by atoms with Gasteiger partial charge in [0.25, 0.3) is 5.91 Å². The highest BCUT2D eigenvalue weighted by molar-refractivity contribution is 7.18. The summed E-state index contributed by atoms with van der Waals surface area (Å²) < 4.78 is 7.17. The van der Waals surface area contributed by atoms with Gasteiger partial charge in [0.15, 0.2) is 16.5 Å². The van der Waals surface area contributed by atoms with Gasteiger partial charge in [-0.2, -0.15) is 5.10 Å². The van der Waals surface area contributed by atoms with Gasteiger partial charge in [0.2, 0.25) is 5.13 Å². The second-order valence-electron chi connectivity index (χ2n) is 8.49. The smallest absolute Gasteiger partial charge is 0.279 e. The number of halogens is 1. The third-order valence-corrected chi connectivity index (χ3v) is 6.93. The lowest BCUT2D eigenvalue weighted by Gasteiger charge is -2.01. The largest absolute Gasteiger partial charge is 0.355 e. The maximum absolute atomic E-state index is 12.8. The lowest BCUT2D eigenvalue weighted by molar-refractivity contribution is 0.101. The fraction of sp³-hybridized carbons (Fsp3) is 0.0357. The summed E-state index contributed by atoms with van der Waals surface area (Å²) in [6, 6.07) is 26.6. The Hall–Kier alpha value is -4.60. The predicted molar refractivity (Wildman–Crippen MR) is 148 cm³/mol. The van der Waals surface area contributed by atoms with E-state index in [4.69, 9.17) is 21.2 Å². The molecule has 8 nitrogen and oxygen atoms in total. The van der Waals surface area contributed by atoms with Gasteiger partial charge in [-0.25, -0.2) is 4.68 Å². The third kappa shape index (κ3) is 4.84. The molecule has 3 aromatic carbocycles. The number of hydrogen-bond acceptors (Lipinski definition) is 7. The number of aryl methyl sites for hydroxylation is 1. The van der Waals surface area contributed by atoms with Crippen molar-refractivity contribution in [3.05, 3.63) is 107 Å². The molecule has 1 amide bonds. The zero-order valence-corrected chi connectivity index (χ0v) is 21.6. The molecule has 6 rings (SSSR count). The molecule has 0 saturated heterocycles. The number of anilines is 1. The van der Waals surface area contributed by atoms with Crippen LogP contribution in [0.1, 0.15) is 16.1 Å². The SMILES string of the molecule is Cc1ccc(-c2cc(C(=O)Nc3nnc(-c4cn(-c5ccccc5)nc4-c4ccc(Cl)cc4)s3)no2)cc1. The van der Waals surface area contributed by atoms with E-state index in [9.17, 15) is 4.79 Å². The van der Waals surface area contributed by atoms with Crippen molar-refractivity contribution >= 4 is 34.0 Å². The molecule has 38 heavy (non-hydrogen) atoms. The lowest BCUT2D eigenvalue weighted by Crippen LogP contribution is -2.11. The Kier molecular flexibility index (Phi) is 6.28. The van der Waals surface area contributed by atoms with Gasteiger partial charge in [0.1, 0.15) is 5.69 Å². The molecular weight excluding hydrogens is 520 g/mol. The molecule has 0 unspecified atom stereocenters. The van der Waals surface area contributed by atoms with Crippen molar-refractivity contribution in [2.24, 2.45) is 0 Å². The van der Waals surface area contributed by atoms with E-state index in [0.29, 0.717) is 20.9 Å². The van der Waals surface area contributed by atoms with Crippen LogP contribution in [0.3, 0.4) is 0 Å². The summed E-state index contributed by atoms with van der Waals surface area (Å²) in [4.78, 5) is 12.8. The molecule has 3 heterocycles. The predicted octanol–water partition coefficient (Wildman–Crippen LogP) is 6.93. The molecule has 3 aromatic heterocycles. The van der Waals surface area contributed by atoms with Crippen LogP contribution in [0, 0.1) is 6.92 Å². The first-order chi connectivity index (χ1) is 18.5. The number of benzene rings is 3. The van der Waals surface area contributed by atoms with Crippen LogP contribution in [0.2, 0.25) is 5.02 Å². The number of rotatable bonds is 6. The number of carbonyl (C=O) groups is 1. The van der Waals surface area contributed by atoms with Crippen molar-refractivity contribution in [1.29, 1.82) is 0 Å². The van der Waals surface area contributed by atoms with Gasteiger partial charge in [-0.15, -0.1) is 10.2 Å². The van der Waals surface area contributed by atoms with E-state index in [2.05, 4.69) is 20.7 Å². The molecule has 0 atom stereocenters. The van der Waals surface area contributed by atoms with Crippen LogP contribution < -0.4 is 5.32 Å². The minimum atomic E-state index is -0.437. The number of aromatic nitrogens is 5. The quantitative estimate of drug-likeness (QED) is 0.247. The number of para-hydroxylation sites is 1. The van der Waals surface area contributed by atoms with Crippen molar-refractivity contribution in [2.75, 3.05) is 5.32 Å². The first-order valence-corrected chi connectivity index (χ1v) is 12.8. The molecule has 0 fully saturated rings. The van der Waals surface area contributed by atoms with Crippen molar-refractivity contribution in [3.8, 4) is 38.8 Å². The van der Waals surface area contributed by atoms with Gasteiger partial charge in [-0.1, -0.05) is 88.3 Å². The number of amides is 1. The van der Waals surface area contributed by atoms with Crippen LogP contribution in [0.25, 0.3) is 38.8 Å². The van der Waals surface area contributed by atoms with Crippen LogP contribution in [-0.4, -0.2) is 31.0 Å². The van der Waals surface area contributed by atoms with Crippen molar-refractivity contribution in [3.63, 3.8) is 0 Å². The van der Waals surface area contributed by atoms with Crippen molar-refractivity contribution < 1.29 is 9.32 Å². The van der Waals surface area contributed by atoms with Gasteiger partial charge in [0.05, 0.1) is 11.3 Å². The summed E-state index contributed by atoms with van der Waals surface area (Å²) in [5, 5.41) is 21.6. The van der Waals surface area contributed by atoms with E-state index < -0.39 is 5.91 Å². The number of nitrogens with zero attached hydrogens (tertiary/aromatic N) is 5. The van der Waals surface area contributed by atoms with Crippen molar-refractivity contribution in [2.45, 2.75) is 6.92 Å². The Labute approximate surface area is 226 Å². The van der Waals surface area contributed by atoms with Crippen LogP contribution in [0.4, 0.5) is 5.13 Å². The zero-order chi connectivity index (χ0) is 26.1. The Balaban J connectivity index is 1.28. The second-order valence-corrected chi connectivity index (χ2v) is 9.90. The van der Waals surface area contributed by atoms with Crippen LogP contribution in [0.5, 0.6) is 0 Å². The molecule has 10 heteroatoms. The van der Waals surface area contributed by atoms with Gasteiger partial charge >= 0.3 is 0 Å². The minimum absolute atomic E-state index is 0.149. The first-order valence-electron chi connectivity index (χ1n) is 11.6. The molecule has 0 aliphatic carbocycles. The summed E-state index contributed by atoms with van der Waals surface area (Å²) in [6.45, 7) is 2.00. The summed E-state index contributed by atoms with van der Waals surface area (Å²) in [5.74, 6) is 0.0711. The van der Waals surface area contributed by atoms with Crippen LogP contribution in [-0.2, 0) is 0 Å². The summed E-state index contributed by atoms with van der Waals surface area (Å²) in [6.07, 6.45) is 1.90. The average molecular weight is 539 g/mol. The highest BCUT2D eigenvalue weighted by atomic mass is 35.5. The third-order valence-electron chi connectivity index (χ3n) is 5.81. The highest BCUT2D eigenvalue weighted by Gasteiger charge is 2.20. The molecule has 186 valence electrons. The van der Waals surface area contributed by atoms with E-state index in [0.717, 1.165) is 33.6 Å². The molecule has 0 aliphatic heterocycles. The minimum Gasteiger partial charge on any atom is -0.355 e. The molecular formula is C28H19ClN6O2S. The number of carbonyl (C=O) groups excluding carboxylic acids is 1. The summed E-state index contributed by atoms with van der Waals surface area (Å²) in [7, 11) is 0. The monoisotopic (exact) mass is 538 g/mol. The fourth-order valence-corrected chi connectivity index (χ4v) is 4.72. The average Bonchev–Trinajstić information content (AvgIpc) is 3.70. The topological polar surface area (TPSA) is 98.7 Å². The standard InChI is InChI=1S/C28H19ClN6O2S/c1-17-7-9-18(10-8-17)24-15-23(34-37-24)26(36)30-28-32-31-27(38-28)22-16-35(21-5-3-2-4-6-21)33-25(22)19-11-13-20(29)14-12-19/h2-16H,1H3,(H,30,32,36). The maximum atomic E-state index is 12.8. The summed E-state index contributed by atoms with van der Waals surface area (Å²) in [5.41, 5.74) is 5.40. The molecule has 0 bridgehead atoms. The van der Waals surface area contributed by atoms with Gasteiger partial charge < -0.3 is 4.52 Å². The molecule has 0 aliphatic rings. The van der Waals surface area contributed by atoms with E-state index >= 15 is 0 Å². The van der Waals surface area contributed by atoms with Crippen LogP contribution in [0.15, 0.2) is 95.6 Å². The van der Waals surface area contributed by atoms with Gasteiger partial charge in [0, 0.05) is 28.4 Å². The first kappa shape index (κ1) is 23.8. The Morgan fingerprint density at radius 1 is 0.947 bits per heavy atom. The molecule has 6 aromatic rings. The molecule has 0 radical (unpaired) electrons. The molecule has 0 spiro atoms. The van der Waals surface area contributed by atoms with Crippen LogP contribution >= 0.6 is 22.9 Å². The highest BCUT2D eigenvalue weighted by Crippen LogP contribution is 2.35.